The fourth-order valence-corrected chi connectivity index (χ4v) is 2.47. The molecule has 0 aromatic carbocycles. The molecule has 1 saturated heterocycles. The number of hydrogen-bond donors (Lipinski definition) is 2. The van der Waals surface area contributed by atoms with Crippen molar-refractivity contribution in [3.8, 4) is 0 Å². The Balaban J connectivity index is 2.25. The van der Waals surface area contributed by atoms with E-state index in [2.05, 4.69) is 10.6 Å². The van der Waals surface area contributed by atoms with E-state index < -0.39 is 10.8 Å². The van der Waals surface area contributed by atoms with Crippen molar-refractivity contribution in [3.05, 3.63) is 0 Å². The number of nitrogens with one attached hydrogen (secondary N) is 2. The van der Waals surface area contributed by atoms with E-state index in [4.69, 9.17) is 0 Å². The minimum absolute atomic E-state index is 0.0187. The van der Waals surface area contributed by atoms with Crippen molar-refractivity contribution < 1.29 is 9.00 Å². The second kappa shape index (κ2) is 6.50. The Hall–Kier alpha value is -0.0700. The highest BCUT2D eigenvalue weighted by Crippen LogP contribution is 2.07. The summed E-state index contributed by atoms with van der Waals surface area (Å²) in [6.45, 7) is 3.25. The van der Waals surface area contributed by atoms with E-state index >= 15 is 0 Å². The quantitative estimate of drug-likeness (QED) is 0.711. The summed E-state index contributed by atoms with van der Waals surface area (Å²) in [4.78, 5) is 11.6. The molecule has 1 heterocycles. The van der Waals surface area contributed by atoms with Crippen molar-refractivity contribution in [3.63, 3.8) is 0 Å². The van der Waals surface area contributed by atoms with Gasteiger partial charge >= 0.3 is 0 Å². The van der Waals surface area contributed by atoms with E-state index in [1.54, 1.807) is 18.0 Å². The summed E-state index contributed by atoms with van der Waals surface area (Å²) in [6.07, 6.45) is 1.66. The number of amides is 1. The van der Waals surface area contributed by atoms with E-state index in [0.29, 0.717) is 6.54 Å². The largest absolute Gasteiger partial charge is 0.354 e. The smallest absolute Gasteiger partial charge is 0.238 e. The Kier molecular flexibility index (Phi) is 5.63. The van der Waals surface area contributed by atoms with Crippen LogP contribution in [0, 0.1) is 0 Å². The fourth-order valence-electron chi connectivity index (χ4n) is 1.22. The van der Waals surface area contributed by atoms with Gasteiger partial charge in [-0.05, 0) is 6.92 Å². The third-order valence-corrected chi connectivity index (χ3v) is 4.73. The molecule has 0 aromatic heterocycles. The van der Waals surface area contributed by atoms with Gasteiger partial charge in [0.25, 0.3) is 0 Å². The van der Waals surface area contributed by atoms with Crippen molar-refractivity contribution in [2.75, 3.05) is 30.9 Å². The summed E-state index contributed by atoms with van der Waals surface area (Å²) in [5.74, 6) is 1.92. The average molecular weight is 250 g/mol. The second-order valence-electron chi connectivity index (χ2n) is 3.64. The van der Waals surface area contributed by atoms with Crippen LogP contribution in [0.2, 0.25) is 0 Å². The first-order valence-electron chi connectivity index (χ1n) is 5.02. The topological polar surface area (TPSA) is 58.2 Å². The molecule has 15 heavy (non-hydrogen) atoms. The first-order chi connectivity index (χ1) is 7.11. The lowest BCUT2D eigenvalue weighted by Crippen LogP contribution is -2.50. The maximum atomic E-state index is 11.6. The zero-order valence-electron chi connectivity index (χ0n) is 9.12. The molecule has 0 aliphatic carbocycles. The summed E-state index contributed by atoms with van der Waals surface area (Å²) in [7, 11) is -0.872. The molecule has 4 nitrogen and oxygen atoms in total. The first-order valence-corrected chi connectivity index (χ1v) is 7.80. The minimum atomic E-state index is -0.872. The van der Waals surface area contributed by atoms with Crippen LogP contribution in [-0.2, 0) is 15.6 Å². The molecule has 3 unspecified atom stereocenters. The number of carbonyl (C=O) groups is 1. The Morgan fingerprint density at radius 2 is 2.47 bits per heavy atom. The van der Waals surface area contributed by atoms with Gasteiger partial charge in [0.15, 0.2) is 0 Å². The average Bonchev–Trinajstić information content (AvgIpc) is 2.26. The Labute approximate surface area is 97.4 Å². The minimum Gasteiger partial charge on any atom is -0.354 e. The molecule has 6 heteroatoms. The van der Waals surface area contributed by atoms with Crippen molar-refractivity contribution >= 4 is 28.5 Å². The predicted molar refractivity (Wildman–Crippen MR) is 65.7 cm³/mol. The molecule has 0 bridgehead atoms. The maximum absolute atomic E-state index is 11.6. The molecule has 88 valence electrons. The Morgan fingerprint density at radius 3 is 3.00 bits per heavy atom. The van der Waals surface area contributed by atoms with Crippen molar-refractivity contribution in [2.24, 2.45) is 0 Å². The second-order valence-corrected chi connectivity index (χ2v) is 6.59. The number of thioether (sulfide) groups is 1. The standard InChI is InChI=1S/C9H18N2O2S2/c1-7(15(2)13)5-11-9(12)8-6-14-4-3-10-8/h7-8,10H,3-6H2,1-2H3,(H,11,12). The summed E-state index contributed by atoms with van der Waals surface area (Å²) in [6, 6.07) is -0.0822. The van der Waals surface area contributed by atoms with Gasteiger partial charge < -0.3 is 10.6 Å². The van der Waals surface area contributed by atoms with Crippen molar-refractivity contribution in [2.45, 2.75) is 18.2 Å². The van der Waals surface area contributed by atoms with Gasteiger partial charge in [0.1, 0.15) is 0 Å². The highest BCUT2D eigenvalue weighted by molar-refractivity contribution is 7.99. The monoisotopic (exact) mass is 250 g/mol. The third-order valence-electron chi connectivity index (χ3n) is 2.37. The zero-order valence-corrected chi connectivity index (χ0v) is 10.7. The van der Waals surface area contributed by atoms with Crippen LogP contribution < -0.4 is 10.6 Å². The third kappa shape index (κ3) is 4.53. The van der Waals surface area contributed by atoms with Crippen LogP contribution in [0.25, 0.3) is 0 Å². The molecule has 1 rings (SSSR count). The van der Waals surface area contributed by atoms with E-state index in [9.17, 15) is 9.00 Å². The summed E-state index contributed by atoms with van der Waals surface area (Å²) in [5, 5.41) is 6.01. The molecular weight excluding hydrogens is 232 g/mol. The lowest BCUT2D eigenvalue weighted by molar-refractivity contribution is -0.122. The highest BCUT2D eigenvalue weighted by Gasteiger charge is 2.21. The molecule has 3 atom stereocenters. The van der Waals surface area contributed by atoms with Gasteiger partial charge in [-0.1, -0.05) is 0 Å². The van der Waals surface area contributed by atoms with Crippen LogP contribution in [0.15, 0.2) is 0 Å². The maximum Gasteiger partial charge on any atom is 0.238 e. The summed E-state index contributed by atoms with van der Waals surface area (Å²) in [5.41, 5.74) is 0. The van der Waals surface area contributed by atoms with Gasteiger partial charge in [0.2, 0.25) is 5.91 Å². The van der Waals surface area contributed by atoms with Gasteiger partial charge in [-0.3, -0.25) is 9.00 Å². The molecule has 0 spiro atoms. The van der Waals surface area contributed by atoms with Gasteiger partial charge in [0, 0.05) is 46.9 Å². The summed E-state index contributed by atoms with van der Waals surface area (Å²) >= 11 is 1.79. The first kappa shape index (κ1) is 13.0. The van der Waals surface area contributed by atoms with E-state index in [1.165, 1.54) is 0 Å². The van der Waals surface area contributed by atoms with Crippen LogP contribution in [0.4, 0.5) is 0 Å². The normalized spacial score (nSPS) is 25.6. The van der Waals surface area contributed by atoms with Crippen molar-refractivity contribution in [1.29, 1.82) is 0 Å². The fraction of sp³-hybridized carbons (Fsp3) is 0.889. The van der Waals surface area contributed by atoms with Gasteiger partial charge in [0.05, 0.1) is 6.04 Å². The molecule has 1 aliphatic rings. The molecule has 0 saturated carbocycles. The zero-order chi connectivity index (χ0) is 11.3. The van der Waals surface area contributed by atoms with Crippen LogP contribution >= 0.6 is 11.8 Å². The van der Waals surface area contributed by atoms with Crippen LogP contribution in [0.5, 0.6) is 0 Å². The van der Waals surface area contributed by atoms with E-state index in [-0.39, 0.29) is 17.2 Å². The molecular formula is C9H18N2O2S2. The summed E-state index contributed by atoms with van der Waals surface area (Å²) < 4.78 is 11.1. The van der Waals surface area contributed by atoms with Crippen LogP contribution in [-0.4, -0.2) is 52.3 Å². The van der Waals surface area contributed by atoms with Gasteiger partial charge in [-0.25, -0.2) is 0 Å². The number of rotatable bonds is 4. The number of hydrogen-bond acceptors (Lipinski definition) is 4. The van der Waals surface area contributed by atoms with Crippen LogP contribution in [0.3, 0.4) is 0 Å². The Morgan fingerprint density at radius 1 is 1.73 bits per heavy atom. The molecule has 0 aromatic rings. The van der Waals surface area contributed by atoms with E-state index in [0.717, 1.165) is 18.1 Å². The molecule has 1 amide bonds. The van der Waals surface area contributed by atoms with E-state index in [1.807, 2.05) is 6.92 Å². The highest BCUT2D eigenvalue weighted by atomic mass is 32.2. The van der Waals surface area contributed by atoms with Gasteiger partial charge in [-0.2, -0.15) is 11.8 Å². The van der Waals surface area contributed by atoms with Crippen molar-refractivity contribution in [1.82, 2.24) is 10.6 Å². The predicted octanol–water partition coefficient (Wildman–Crippen LogP) is -0.425. The van der Waals surface area contributed by atoms with Crippen LogP contribution in [0.1, 0.15) is 6.92 Å². The molecule has 1 fully saturated rings. The van der Waals surface area contributed by atoms with Gasteiger partial charge in [-0.15, -0.1) is 0 Å². The lowest BCUT2D eigenvalue weighted by atomic mass is 10.3. The SMILES string of the molecule is CC(CNC(=O)C1CSCCN1)S(C)=O. The molecule has 2 N–H and O–H groups in total. The molecule has 0 radical (unpaired) electrons. The number of carbonyl (C=O) groups excluding carboxylic acids is 1. The molecule has 1 aliphatic heterocycles. The Bertz CT molecular complexity index is 242. The lowest BCUT2D eigenvalue weighted by Gasteiger charge is -2.22.